The van der Waals surface area contributed by atoms with Gasteiger partial charge >= 0.3 is 0 Å². The number of nitrogens with one attached hydrogen (secondary N) is 1. The topological polar surface area (TPSA) is 15.3 Å². The minimum Gasteiger partial charge on any atom is -0.377 e. The Labute approximate surface area is 167 Å². The van der Waals surface area contributed by atoms with Crippen LogP contribution in [0.5, 0.6) is 0 Å². The first-order chi connectivity index (χ1) is 13.5. The first-order valence-corrected chi connectivity index (χ1v) is 10.2. The van der Waals surface area contributed by atoms with Crippen LogP contribution in [0.2, 0.25) is 0 Å². The molecule has 2 nitrogen and oxygen atoms in total. The van der Waals surface area contributed by atoms with Crippen molar-refractivity contribution < 1.29 is 4.39 Å². The van der Waals surface area contributed by atoms with E-state index in [0.29, 0.717) is 11.5 Å². The van der Waals surface area contributed by atoms with E-state index in [2.05, 4.69) is 54.7 Å². The summed E-state index contributed by atoms with van der Waals surface area (Å²) in [6.45, 7) is 4.24. The second-order valence-electron chi connectivity index (χ2n) is 8.19. The van der Waals surface area contributed by atoms with Crippen LogP contribution in [0.1, 0.15) is 31.7 Å². The lowest BCUT2D eigenvalue weighted by Crippen LogP contribution is -2.28. The van der Waals surface area contributed by atoms with Crippen molar-refractivity contribution in [1.29, 1.82) is 0 Å². The molecular formula is C25H29FN2. The maximum atomic E-state index is 15.3. The van der Waals surface area contributed by atoms with Crippen molar-refractivity contribution in [1.82, 2.24) is 5.32 Å². The SMILES string of the molecule is C/C(=C\c1c(F)cc(-c2ccc3c(c2)=CCC=3)cc1N(C)C)C1CCNCC1. The Kier molecular flexibility index (Phi) is 5.36. The van der Waals surface area contributed by atoms with E-state index in [1.54, 1.807) is 6.07 Å². The van der Waals surface area contributed by atoms with Gasteiger partial charge in [0.05, 0.1) is 0 Å². The molecule has 1 fully saturated rings. The van der Waals surface area contributed by atoms with Crippen LogP contribution in [0.15, 0.2) is 35.9 Å². The van der Waals surface area contributed by atoms with Gasteiger partial charge in [0.1, 0.15) is 5.82 Å². The predicted octanol–water partition coefficient (Wildman–Crippen LogP) is 3.93. The van der Waals surface area contributed by atoms with Gasteiger partial charge in [0.25, 0.3) is 0 Å². The fourth-order valence-corrected chi connectivity index (χ4v) is 4.34. The number of allylic oxidation sites excluding steroid dienone is 1. The summed E-state index contributed by atoms with van der Waals surface area (Å²) < 4.78 is 15.3. The molecule has 0 aromatic heterocycles. The summed E-state index contributed by atoms with van der Waals surface area (Å²) in [6, 6.07) is 10.2. The van der Waals surface area contributed by atoms with Gasteiger partial charge in [-0.3, -0.25) is 0 Å². The molecule has 0 radical (unpaired) electrons. The van der Waals surface area contributed by atoms with Crippen LogP contribution in [0, 0.1) is 11.7 Å². The van der Waals surface area contributed by atoms with E-state index < -0.39 is 0 Å². The molecule has 2 aliphatic rings. The molecule has 1 saturated heterocycles. The number of halogens is 1. The van der Waals surface area contributed by atoms with Gasteiger partial charge in [0.2, 0.25) is 0 Å². The normalized spacial score (nSPS) is 17.1. The highest BCUT2D eigenvalue weighted by Gasteiger charge is 2.17. The fraction of sp³-hybridized carbons (Fsp3) is 0.360. The van der Waals surface area contributed by atoms with Crippen LogP contribution < -0.4 is 20.7 Å². The molecule has 2 aromatic rings. The molecule has 4 rings (SSSR count). The van der Waals surface area contributed by atoms with E-state index >= 15 is 4.39 Å². The lowest BCUT2D eigenvalue weighted by Gasteiger charge is -2.24. The number of piperidine rings is 1. The third-order valence-electron chi connectivity index (χ3n) is 6.04. The van der Waals surface area contributed by atoms with E-state index in [9.17, 15) is 0 Å². The summed E-state index contributed by atoms with van der Waals surface area (Å²) in [7, 11) is 3.97. The molecule has 0 unspecified atom stereocenters. The molecule has 0 atom stereocenters. The zero-order valence-electron chi connectivity index (χ0n) is 17.1. The number of nitrogens with zero attached hydrogens (tertiary/aromatic N) is 1. The second kappa shape index (κ2) is 7.92. The third kappa shape index (κ3) is 3.77. The molecule has 3 heteroatoms. The Hall–Kier alpha value is -2.39. The molecule has 0 saturated carbocycles. The van der Waals surface area contributed by atoms with Crippen molar-refractivity contribution in [2.45, 2.75) is 26.2 Å². The Morgan fingerprint density at radius 1 is 1.04 bits per heavy atom. The Balaban J connectivity index is 1.75. The number of anilines is 1. The van der Waals surface area contributed by atoms with Crippen molar-refractivity contribution in [3.63, 3.8) is 0 Å². The summed E-state index contributed by atoms with van der Waals surface area (Å²) in [6.07, 6.45) is 9.75. The predicted molar refractivity (Wildman–Crippen MR) is 118 cm³/mol. The van der Waals surface area contributed by atoms with Crippen molar-refractivity contribution in [3.05, 3.63) is 57.7 Å². The second-order valence-corrected chi connectivity index (χ2v) is 8.19. The lowest BCUT2D eigenvalue weighted by atomic mass is 9.89. The van der Waals surface area contributed by atoms with E-state index in [0.717, 1.165) is 49.2 Å². The maximum absolute atomic E-state index is 15.3. The fourth-order valence-electron chi connectivity index (χ4n) is 4.34. The van der Waals surface area contributed by atoms with Crippen molar-refractivity contribution in [3.8, 4) is 11.1 Å². The molecule has 1 aliphatic heterocycles. The average molecular weight is 377 g/mol. The highest BCUT2D eigenvalue weighted by Crippen LogP contribution is 2.33. The van der Waals surface area contributed by atoms with Gasteiger partial charge in [-0.05, 0) is 85.0 Å². The van der Waals surface area contributed by atoms with Crippen LogP contribution in [0.25, 0.3) is 29.4 Å². The Morgan fingerprint density at radius 2 is 1.79 bits per heavy atom. The first-order valence-electron chi connectivity index (χ1n) is 10.2. The zero-order valence-corrected chi connectivity index (χ0v) is 17.1. The standard InChI is InChI=1S/C25H29FN2/c1-17(18-9-11-27-12-10-18)13-23-24(26)15-22(16-25(23)28(2)3)21-8-7-19-5-4-6-20(19)14-21/h5-8,13-16,18,27H,4,9-12H2,1-3H3/b17-13+. The number of fused-ring (bicyclic) bond motifs is 1. The molecule has 0 amide bonds. The van der Waals surface area contributed by atoms with Gasteiger partial charge in [-0.2, -0.15) is 0 Å². The van der Waals surface area contributed by atoms with E-state index in [1.807, 2.05) is 19.0 Å². The molecule has 1 aliphatic carbocycles. The van der Waals surface area contributed by atoms with Crippen molar-refractivity contribution >= 4 is 23.9 Å². The molecular weight excluding hydrogens is 347 g/mol. The highest BCUT2D eigenvalue weighted by molar-refractivity contribution is 5.77. The van der Waals surface area contributed by atoms with Crippen LogP contribution in [0.3, 0.4) is 0 Å². The number of benzene rings is 2. The molecule has 146 valence electrons. The largest absolute Gasteiger partial charge is 0.377 e. The highest BCUT2D eigenvalue weighted by atomic mass is 19.1. The average Bonchev–Trinajstić information content (AvgIpc) is 3.17. The summed E-state index contributed by atoms with van der Waals surface area (Å²) in [5.41, 5.74) is 4.91. The maximum Gasteiger partial charge on any atom is 0.133 e. The quantitative estimate of drug-likeness (QED) is 0.870. The van der Waals surface area contributed by atoms with Gasteiger partial charge in [-0.25, -0.2) is 4.39 Å². The van der Waals surface area contributed by atoms with Crippen LogP contribution in [0.4, 0.5) is 10.1 Å². The molecule has 28 heavy (non-hydrogen) atoms. The number of hydrogen-bond donors (Lipinski definition) is 1. The smallest absolute Gasteiger partial charge is 0.133 e. The van der Waals surface area contributed by atoms with Gasteiger partial charge < -0.3 is 10.2 Å². The summed E-state index contributed by atoms with van der Waals surface area (Å²) in [4.78, 5) is 2.02. The third-order valence-corrected chi connectivity index (χ3v) is 6.04. The summed E-state index contributed by atoms with van der Waals surface area (Å²) >= 11 is 0. The molecule has 1 N–H and O–H groups in total. The minimum absolute atomic E-state index is 0.148. The van der Waals surface area contributed by atoms with E-state index in [-0.39, 0.29) is 5.82 Å². The molecule has 1 heterocycles. The molecule has 0 bridgehead atoms. The van der Waals surface area contributed by atoms with Gasteiger partial charge in [-0.15, -0.1) is 0 Å². The lowest BCUT2D eigenvalue weighted by molar-refractivity contribution is 0.421. The monoisotopic (exact) mass is 376 g/mol. The minimum atomic E-state index is -0.148. The molecule has 0 spiro atoms. The van der Waals surface area contributed by atoms with Gasteiger partial charge in [-0.1, -0.05) is 35.9 Å². The zero-order chi connectivity index (χ0) is 19.7. The number of hydrogen-bond acceptors (Lipinski definition) is 2. The Bertz CT molecular complexity index is 1030. The number of rotatable bonds is 4. The molecule has 2 aromatic carbocycles. The van der Waals surface area contributed by atoms with E-state index in [1.165, 1.54) is 16.0 Å². The van der Waals surface area contributed by atoms with Crippen molar-refractivity contribution in [2.75, 3.05) is 32.1 Å². The summed E-state index contributed by atoms with van der Waals surface area (Å²) in [5.74, 6) is 0.393. The van der Waals surface area contributed by atoms with Crippen LogP contribution in [-0.2, 0) is 0 Å². The first kappa shape index (κ1) is 18.9. The summed E-state index contributed by atoms with van der Waals surface area (Å²) in [5, 5.41) is 5.92. The van der Waals surface area contributed by atoms with Gasteiger partial charge in [0, 0.05) is 25.3 Å². The van der Waals surface area contributed by atoms with Crippen LogP contribution >= 0.6 is 0 Å². The van der Waals surface area contributed by atoms with Gasteiger partial charge in [0.15, 0.2) is 0 Å². The Morgan fingerprint density at radius 3 is 2.54 bits per heavy atom. The van der Waals surface area contributed by atoms with Crippen LogP contribution in [-0.4, -0.2) is 27.2 Å². The van der Waals surface area contributed by atoms with Crippen molar-refractivity contribution in [2.24, 2.45) is 5.92 Å². The van der Waals surface area contributed by atoms with E-state index in [4.69, 9.17) is 0 Å².